The fourth-order valence-electron chi connectivity index (χ4n) is 2.50. The number of nitro groups is 1. The number of amides is 2. The van der Waals surface area contributed by atoms with E-state index < -0.39 is 10.8 Å². The maximum absolute atomic E-state index is 12.2. The average Bonchev–Trinajstić information content (AvgIpc) is 2.52. The van der Waals surface area contributed by atoms with Crippen LogP contribution in [0.1, 0.15) is 30.1 Å². The number of piperidine rings is 1. The summed E-state index contributed by atoms with van der Waals surface area (Å²) in [5.74, 6) is -0.319. The summed E-state index contributed by atoms with van der Waals surface area (Å²) in [4.78, 5) is 36.3. The summed E-state index contributed by atoms with van der Waals surface area (Å²) in [6, 6.07) is 4.00. The molecule has 2 rings (SSSR count). The van der Waals surface area contributed by atoms with Gasteiger partial charge in [0.1, 0.15) is 5.56 Å². The predicted molar refractivity (Wildman–Crippen MR) is 85.4 cm³/mol. The second-order valence-electron chi connectivity index (χ2n) is 5.64. The van der Waals surface area contributed by atoms with Crippen LogP contribution in [-0.2, 0) is 4.79 Å². The molecule has 1 aliphatic heterocycles. The molecule has 1 aromatic rings. The molecule has 0 atom stereocenters. The normalized spacial score (nSPS) is 15.3. The Morgan fingerprint density at radius 2 is 2.04 bits per heavy atom. The summed E-state index contributed by atoms with van der Waals surface area (Å²) in [7, 11) is 0. The van der Waals surface area contributed by atoms with Gasteiger partial charge in [-0.05, 0) is 24.8 Å². The Balaban J connectivity index is 2.00. The largest absolute Gasteiger partial charge is 0.343 e. The van der Waals surface area contributed by atoms with Crippen LogP contribution in [0.25, 0.3) is 0 Å². The minimum atomic E-state index is -0.721. The van der Waals surface area contributed by atoms with E-state index >= 15 is 0 Å². The highest BCUT2D eigenvalue weighted by atomic mass is 35.5. The molecule has 0 unspecified atom stereocenters. The van der Waals surface area contributed by atoms with Crippen molar-refractivity contribution in [3.8, 4) is 0 Å². The van der Waals surface area contributed by atoms with Gasteiger partial charge in [-0.1, -0.05) is 24.6 Å². The minimum Gasteiger partial charge on any atom is -0.343 e. The van der Waals surface area contributed by atoms with Gasteiger partial charge in [0.25, 0.3) is 11.6 Å². The molecule has 1 saturated heterocycles. The average molecular weight is 340 g/mol. The first kappa shape index (κ1) is 17.2. The topological polar surface area (TPSA) is 92.6 Å². The molecule has 8 heteroatoms. The summed E-state index contributed by atoms with van der Waals surface area (Å²) in [6.07, 6.45) is 1.88. The van der Waals surface area contributed by atoms with E-state index in [1.807, 2.05) is 0 Å². The first-order valence-electron chi connectivity index (χ1n) is 7.39. The van der Waals surface area contributed by atoms with E-state index in [9.17, 15) is 19.7 Å². The van der Waals surface area contributed by atoms with Crippen LogP contribution in [0.15, 0.2) is 18.2 Å². The molecular formula is C15H18ClN3O4. The molecule has 0 aliphatic carbocycles. The van der Waals surface area contributed by atoms with Gasteiger partial charge in [0.05, 0.1) is 16.5 Å². The van der Waals surface area contributed by atoms with E-state index in [-0.39, 0.29) is 28.7 Å². The lowest BCUT2D eigenvalue weighted by molar-refractivity contribution is -0.385. The Labute approximate surface area is 138 Å². The lowest BCUT2D eigenvalue weighted by Crippen LogP contribution is -2.43. The van der Waals surface area contributed by atoms with Crippen LogP contribution >= 0.6 is 11.6 Å². The number of hydrogen-bond donors (Lipinski definition) is 1. The highest BCUT2D eigenvalue weighted by molar-refractivity contribution is 6.34. The Morgan fingerprint density at radius 3 is 2.65 bits per heavy atom. The molecule has 0 bridgehead atoms. The summed E-state index contributed by atoms with van der Waals surface area (Å²) >= 11 is 5.89. The number of carbonyl (C=O) groups is 2. The van der Waals surface area contributed by atoms with E-state index in [4.69, 9.17) is 11.6 Å². The number of rotatable bonds is 4. The first-order chi connectivity index (χ1) is 10.9. The molecule has 1 heterocycles. The van der Waals surface area contributed by atoms with Gasteiger partial charge >= 0.3 is 0 Å². The lowest BCUT2D eigenvalue weighted by Gasteiger charge is -2.30. The molecule has 7 nitrogen and oxygen atoms in total. The van der Waals surface area contributed by atoms with Crippen molar-refractivity contribution >= 4 is 29.1 Å². The number of nitrogens with zero attached hydrogens (tertiary/aromatic N) is 2. The van der Waals surface area contributed by atoms with Crippen molar-refractivity contribution in [1.82, 2.24) is 10.2 Å². The van der Waals surface area contributed by atoms with Crippen molar-refractivity contribution in [3.05, 3.63) is 38.9 Å². The van der Waals surface area contributed by atoms with E-state index in [2.05, 4.69) is 12.2 Å². The van der Waals surface area contributed by atoms with Gasteiger partial charge in [-0.2, -0.15) is 0 Å². The van der Waals surface area contributed by atoms with Gasteiger partial charge in [0.15, 0.2) is 0 Å². The van der Waals surface area contributed by atoms with Gasteiger partial charge in [-0.25, -0.2) is 0 Å². The van der Waals surface area contributed by atoms with Crippen molar-refractivity contribution in [1.29, 1.82) is 0 Å². The number of carbonyl (C=O) groups excluding carboxylic acids is 2. The van der Waals surface area contributed by atoms with Crippen LogP contribution in [-0.4, -0.2) is 41.3 Å². The van der Waals surface area contributed by atoms with Crippen LogP contribution in [0.4, 0.5) is 5.69 Å². The maximum Gasteiger partial charge on any atom is 0.283 e. The Hall–Kier alpha value is -2.15. The second-order valence-corrected chi connectivity index (χ2v) is 6.04. The van der Waals surface area contributed by atoms with Crippen LogP contribution in [0, 0.1) is 16.0 Å². The molecule has 23 heavy (non-hydrogen) atoms. The third kappa shape index (κ3) is 4.19. The standard InChI is InChI=1S/C15H18ClN3O4/c1-10-5-7-18(8-6-10)13(20)9-17-15(21)14-11(16)3-2-4-12(14)19(22)23/h2-4,10H,5-9H2,1H3,(H,17,21). The third-order valence-corrected chi connectivity index (χ3v) is 4.27. The second kappa shape index (κ2) is 7.41. The molecular weight excluding hydrogens is 322 g/mol. The molecule has 1 aromatic carbocycles. The lowest BCUT2D eigenvalue weighted by atomic mass is 9.99. The van der Waals surface area contributed by atoms with Crippen LogP contribution in [0.3, 0.4) is 0 Å². The Kier molecular flexibility index (Phi) is 5.54. The highest BCUT2D eigenvalue weighted by Crippen LogP contribution is 2.26. The van der Waals surface area contributed by atoms with Crippen molar-refractivity contribution < 1.29 is 14.5 Å². The Bertz CT molecular complexity index is 627. The molecule has 0 saturated carbocycles. The quantitative estimate of drug-likeness (QED) is 0.672. The summed E-state index contributed by atoms with van der Waals surface area (Å²) in [5.41, 5.74) is -0.603. The number of nitro benzene ring substituents is 1. The SMILES string of the molecule is CC1CCN(C(=O)CNC(=O)c2c(Cl)cccc2[N+](=O)[O-])CC1. The van der Waals surface area contributed by atoms with Crippen molar-refractivity contribution in [2.45, 2.75) is 19.8 Å². The van der Waals surface area contributed by atoms with Crippen LogP contribution in [0.5, 0.6) is 0 Å². The van der Waals surface area contributed by atoms with E-state index in [0.29, 0.717) is 19.0 Å². The van der Waals surface area contributed by atoms with E-state index in [1.165, 1.54) is 18.2 Å². The molecule has 0 spiro atoms. The number of nitrogens with one attached hydrogen (secondary N) is 1. The van der Waals surface area contributed by atoms with Gasteiger partial charge in [-0.15, -0.1) is 0 Å². The zero-order valence-corrected chi connectivity index (χ0v) is 13.5. The van der Waals surface area contributed by atoms with Crippen LogP contribution < -0.4 is 5.32 Å². The highest BCUT2D eigenvalue weighted by Gasteiger charge is 2.25. The summed E-state index contributed by atoms with van der Waals surface area (Å²) < 4.78 is 0. The predicted octanol–water partition coefficient (Wildman–Crippen LogP) is 2.24. The van der Waals surface area contributed by atoms with Gasteiger partial charge in [-0.3, -0.25) is 19.7 Å². The zero-order chi connectivity index (χ0) is 17.0. The van der Waals surface area contributed by atoms with E-state index in [0.717, 1.165) is 12.8 Å². The van der Waals surface area contributed by atoms with E-state index in [1.54, 1.807) is 4.90 Å². The van der Waals surface area contributed by atoms with Gasteiger partial charge in [0.2, 0.25) is 5.91 Å². The summed E-state index contributed by atoms with van der Waals surface area (Å²) in [5, 5.41) is 13.4. The molecule has 2 amide bonds. The summed E-state index contributed by atoms with van der Waals surface area (Å²) in [6.45, 7) is 3.28. The van der Waals surface area contributed by atoms with Crippen molar-refractivity contribution in [2.24, 2.45) is 5.92 Å². The van der Waals surface area contributed by atoms with Gasteiger partial charge < -0.3 is 10.2 Å². The first-order valence-corrected chi connectivity index (χ1v) is 7.76. The maximum atomic E-state index is 12.2. The molecule has 0 radical (unpaired) electrons. The fourth-order valence-corrected chi connectivity index (χ4v) is 2.76. The van der Waals surface area contributed by atoms with Crippen LogP contribution in [0.2, 0.25) is 5.02 Å². The van der Waals surface area contributed by atoms with Crippen molar-refractivity contribution in [2.75, 3.05) is 19.6 Å². The third-order valence-electron chi connectivity index (χ3n) is 3.95. The molecule has 1 aliphatic rings. The molecule has 1 fully saturated rings. The number of benzene rings is 1. The van der Waals surface area contributed by atoms with Crippen molar-refractivity contribution in [3.63, 3.8) is 0 Å². The number of hydrogen-bond acceptors (Lipinski definition) is 4. The Morgan fingerprint density at radius 1 is 1.39 bits per heavy atom. The molecule has 124 valence electrons. The molecule has 1 N–H and O–H groups in total. The number of halogens is 1. The molecule has 0 aromatic heterocycles. The zero-order valence-electron chi connectivity index (χ0n) is 12.8. The van der Waals surface area contributed by atoms with Gasteiger partial charge in [0, 0.05) is 19.2 Å². The smallest absolute Gasteiger partial charge is 0.283 e. The number of likely N-dealkylation sites (tertiary alicyclic amines) is 1. The monoisotopic (exact) mass is 339 g/mol. The minimum absolute atomic E-state index is 0.0176. The fraction of sp³-hybridized carbons (Fsp3) is 0.467.